The average Bonchev–Trinajstić information content (AvgIpc) is 2.64. The van der Waals surface area contributed by atoms with Crippen molar-refractivity contribution in [1.82, 2.24) is 10.6 Å². The molecule has 0 fully saturated rings. The van der Waals surface area contributed by atoms with Crippen LogP contribution in [0.3, 0.4) is 0 Å². The minimum absolute atomic E-state index is 0.279. The Hall–Kier alpha value is -3.08. The Kier molecular flexibility index (Phi) is 7.14. The van der Waals surface area contributed by atoms with E-state index in [9.17, 15) is 24.5 Å². The summed E-state index contributed by atoms with van der Waals surface area (Å²) < 4.78 is 10.1. The Morgan fingerprint density at radius 3 is 1.92 bits per heavy atom. The number of carbonyl (C=O) groups is 3. The van der Waals surface area contributed by atoms with E-state index in [1.165, 1.54) is 14.1 Å². The van der Waals surface area contributed by atoms with Gasteiger partial charge in [0.05, 0.1) is 19.1 Å². The molecule has 0 unspecified atom stereocenters. The van der Waals surface area contributed by atoms with Crippen molar-refractivity contribution in [2.24, 2.45) is 0 Å². The number of anilines is 1. The molecule has 11 nitrogen and oxygen atoms in total. The standard InChI is InChI=1S/C14H17ClN4O7/c1-16-13(21)7-9(18-6(20)5-15)11(25-3)8(14(22)17-2)10(19(23)24)12(7)26-4/h5H2,1-4H3,(H,16,21)(H,17,22)(H,18,20). The average molecular weight is 389 g/mol. The SMILES string of the molecule is CNC(=O)c1c(NC(=O)CCl)c(OC)c(C(=O)NC)c([N+](=O)[O-])c1OC. The third-order valence-corrected chi connectivity index (χ3v) is 3.51. The van der Waals surface area contributed by atoms with Gasteiger partial charge in [-0.25, -0.2) is 0 Å². The number of nitrogens with zero attached hydrogens (tertiary/aromatic N) is 1. The predicted molar refractivity (Wildman–Crippen MR) is 92.3 cm³/mol. The lowest BCUT2D eigenvalue weighted by atomic mass is 10.0. The Morgan fingerprint density at radius 2 is 1.54 bits per heavy atom. The van der Waals surface area contributed by atoms with Crippen molar-refractivity contribution in [1.29, 1.82) is 0 Å². The second kappa shape index (κ2) is 8.85. The van der Waals surface area contributed by atoms with Crippen LogP contribution in [-0.4, -0.2) is 56.8 Å². The summed E-state index contributed by atoms with van der Waals surface area (Å²) in [6.07, 6.45) is 0. The number of halogens is 1. The molecule has 0 saturated heterocycles. The summed E-state index contributed by atoms with van der Waals surface area (Å²) in [6.45, 7) is 0. The number of hydrogen-bond donors (Lipinski definition) is 3. The first-order chi connectivity index (χ1) is 12.3. The van der Waals surface area contributed by atoms with Gasteiger partial charge < -0.3 is 25.4 Å². The van der Waals surface area contributed by atoms with Gasteiger partial charge in [-0.1, -0.05) is 0 Å². The van der Waals surface area contributed by atoms with Crippen LogP contribution in [0.4, 0.5) is 11.4 Å². The molecule has 0 spiro atoms. The van der Waals surface area contributed by atoms with Crippen molar-refractivity contribution in [3.8, 4) is 11.5 Å². The van der Waals surface area contributed by atoms with Crippen LogP contribution in [0.5, 0.6) is 11.5 Å². The van der Waals surface area contributed by atoms with Gasteiger partial charge in [0, 0.05) is 14.1 Å². The quantitative estimate of drug-likeness (QED) is 0.350. The molecule has 0 saturated carbocycles. The number of methoxy groups -OCH3 is 2. The number of carbonyl (C=O) groups excluding carboxylic acids is 3. The Labute approximate surface area is 153 Å². The Bertz CT molecular complexity index is 766. The van der Waals surface area contributed by atoms with Crippen molar-refractivity contribution in [2.45, 2.75) is 0 Å². The van der Waals surface area contributed by atoms with Crippen LogP contribution in [0.1, 0.15) is 20.7 Å². The number of nitro benzene ring substituents is 1. The highest BCUT2D eigenvalue weighted by molar-refractivity contribution is 6.29. The van der Waals surface area contributed by atoms with Crippen LogP contribution in [-0.2, 0) is 4.79 Å². The molecule has 0 aliphatic heterocycles. The largest absolute Gasteiger partial charge is 0.493 e. The topological polar surface area (TPSA) is 149 Å². The molecule has 0 aliphatic carbocycles. The van der Waals surface area contributed by atoms with E-state index in [-0.39, 0.29) is 17.0 Å². The van der Waals surface area contributed by atoms with Gasteiger partial charge >= 0.3 is 5.69 Å². The third kappa shape index (κ3) is 3.77. The normalized spacial score (nSPS) is 9.88. The molecule has 0 aromatic heterocycles. The predicted octanol–water partition coefficient (Wildman–Crippen LogP) is 0.508. The molecule has 1 rings (SSSR count). The van der Waals surface area contributed by atoms with Crippen LogP contribution in [0.25, 0.3) is 0 Å². The molecule has 1 aromatic rings. The number of nitrogens with one attached hydrogen (secondary N) is 3. The summed E-state index contributed by atoms with van der Waals surface area (Å²) in [5.41, 5.74) is -1.97. The summed E-state index contributed by atoms with van der Waals surface area (Å²) in [7, 11) is 4.74. The van der Waals surface area contributed by atoms with Gasteiger partial charge in [0.15, 0.2) is 11.3 Å². The first kappa shape index (κ1) is 21.0. The van der Waals surface area contributed by atoms with E-state index in [0.29, 0.717) is 0 Å². The second-order valence-electron chi connectivity index (χ2n) is 4.64. The number of hydrogen-bond acceptors (Lipinski definition) is 7. The first-order valence-electron chi connectivity index (χ1n) is 7.05. The first-order valence-corrected chi connectivity index (χ1v) is 7.58. The van der Waals surface area contributed by atoms with Crippen LogP contribution < -0.4 is 25.4 Å². The monoisotopic (exact) mass is 388 g/mol. The van der Waals surface area contributed by atoms with E-state index in [1.807, 2.05) is 0 Å². The third-order valence-electron chi connectivity index (χ3n) is 3.27. The molecule has 12 heteroatoms. The van der Waals surface area contributed by atoms with Gasteiger partial charge in [-0.05, 0) is 0 Å². The number of alkyl halides is 1. The van der Waals surface area contributed by atoms with Crippen LogP contribution in [0.15, 0.2) is 0 Å². The summed E-state index contributed by atoms with van der Waals surface area (Å²) in [6, 6.07) is 0. The molecule has 1 aromatic carbocycles. The van der Waals surface area contributed by atoms with Crippen molar-refractivity contribution < 1.29 is 28.8 Å². The van der Waals surface area contributed by atoms with Gasteiger partial charge in [0.2, 0.25) is 11.7 Å². The summed E-state index contributed by atoms with van der Waals surface area (Å²) in [4.78, 5) is 47.1. The number of benzene rings is 1. The molecule has 0 atom stereocenters. The minimum Gasteiger partial charge on any atom is -0.493 e. The zero-order chi connectivity index (χ0) is 20.0. The highest BCUT2D eigenvalue weighted by Crippen LogP contribution is 2.47. The molecule has 0 bridgehead atoms. The highest BCUT2D eigenvalue weighted by atomic mass is 35.5. The number of nitro groups is 1. The van der Waals surface area contributed by atoms with Gasteiger partial charge in [-0.15, -0.1) is 11.6 Å². The van der Waals surface area contributed by atoms with E-state index in [0.717, 1.165) is 14.2 Å². The van der Waals surface area contributed by atoms with Crippen molar-refractivity contribution in [2.75, 3.05) is 39.5 Å². The summed E-state index contributed by atoms with van der Waals surface area (Å²) in [5, 5.41) is 18.4. The summed E-state index contributed by atoms with van der Waals surface area (Å²) >= 11 is 5.48. The fraction of sp³-hybridized carbons (Fsp3) is 0.357. The van der Waals surface area contributed by atoms with Gasteiger partial charge in [-0.2, -0.15) is 0 Å². The van der Waals surface area contributed by atoms with Gasteiger partial charge in [0.25, 0.3) is 11.8 Å². The van der Waals surface area contributed by atoms with Crippen LogP contribution >= 0.6 is 11.6 Å². The van der Waals surface area contributed by atoms with Crippen LogP contribution in [0.2, 0.25) is 0 Å². The molecule has 3 N–H and O–H groups in total. The molecular weight excluding hydrogens is 372 g/mol. The maximum atomic E-state index is 12.3. The number of amides is 3. The second-order valence-corrected chi connectivity index (χ2v) is 4.90. The Balaban J connectivity index is 4.13. The molecule has 26 heavy (non-hydrogen) atoms. The van der Waals surface area contributed by atoms with Gasteiger partial charge in [-0.3, -0.25) is 24.5 Å². The lowest BCUT2D eigenvalue weighted by Gasteiger charge is -2.20. The van der Waals surface area contributed by atoms with Gasteiger partial charge in [0.1, 0.15) is 17.1 Å². The van der Waals surface area contributed by atoms with E-state index in [1.54, 1.807) is 0 Å². The smallest absolute Gasteiger partial charge is 0.328 e. The lowest BCUT2D eigenvalue weighted by Crippen LogP contribution is -2.27. The maximum Gasteiger partial charge on any atom is 0.328 e. The zero-order valence-corrected chi connectivity index (χ0v) is 15.1. The maximum absolute atomic E-state index is 12.3. The van der Waals surface area contributed by atoms with Crippen molar-refractivity contribution in [3.63, 3.8) is 0 Å². The highest BCUT2D eigenvalue weighted by Gasteiger charge is 2.38. The van der Waals surface area contributed by atoms with E-state index < -0.39 is 45.5 Å². The Morgan fingerprint density at radius 1 is 1.04 bits per heavy atom. The molecule has 3 amide bonds. The lowest BCUT2D eigenvalue weighted by molar-refractivity contribution is -0.386. The molecule has 142 valence electrons. The fourth-order valence-corrected chi connectivity index (χ4v) is 2.30. The molecular formula is C14H17ClN4O7. The van der Waals surface area contributed by atoms with E-state index >= 15 is 0 Å². The summed E-state index contributed by atoms with van der Waals surface area (Å²) in [5.74, 6) is -3.78. The minimum atomic E-state index is -0.883. The van der Waals surface area contributed by atoms with E-state index in [4.69, 9.17) is 21.1 Å². The van der Waals surface area contributed by atoms with Crippen molar-refractivity contribution >= 4 is 40.7 Å². The fourth-order valence-electron chi connectivity index (χ4n) is 2.24. The van der Waals surface area contributed by atoms with Crippen molar-refractivity contribution in [3.05, 3.63) is 21.2 Å². The van der Waals surface area contributed by atoms with Crippen LogP contribution in [0, 0.1) is 10.1 Å². The zero-order valence-electron chi connectivity index (χ0n) is 14.4. The van der Waals surface area contributed by atoms with E-state index in [2.05, 4.69) is 16.0 Å². The molecule has 0 radical (unpaired) electrons. The molecule has 0 aliphatic rings. The number of ether oxygens (including phenoxy) is 2. The molecule has 0 heterocycles. The number of rotatable bonds is 7.